The molecule has 0 aliphatic rings. The van der Waals surface area contributed by atoms with Crippen LogP contribution in [0.25, 0.3) is 0 Å². The Kier molecular flexibility index (Phi) is 5.59. The van der Waals surface area contributed by atoms with Crippen molar-refractivity contribution >= 4 is 6.29 Å². The van der Waals surface area contributed by atoms with Crippen LogP contribution in [0.5, 0.6) is 11.5 Å². The van der Waals surface area contributed by atoms with Crippen LogP contribution < -0.4 is 9.47 Å². The lowest BCUT2D eigenvalue weighted by atomic mass is 10.2. The van der Waals surface area contributed by atoms with Gasteiger partial charge in [-0.25, -0.2) is 8.78 Å². The maximum Gasteiger partial charge on any atom is 0.162 e. The van der Waals surface area contributed by atoms with Crippen LogP contribution in [0.3, 0.4) is 0 Å². The second-order valence-electron chi connectivity index (χ2n) is 5.65. The molecule has 0 aliphatic carbocycles. The number of aldehydes is 1. The Morgan fingerprint density at radius 2 is 1.19 bits per heavy atom. The standard InChI is InChI=1S/C21H16F2O3/c22-18-6-1-15(2-7-18)13-25-20-10-5-17(12-24)11-21(20)26-14-16-3-8-19(23)9-4-16/h1-12H,13-14H2. The summed E-state index contributed by atoms with van der Waals surface area (Å²) in [5, 5.41) is 0. The van der Waals surface area contributed by atoms with Crippen LogP contribution >= 0.6 is 0 Å². The predicted molar refractivity (Wildman–Crippen MR) is 93.3 cm³/mol. The molecule has 3 aromatic carbocycles. The zero-order chi connectivity index (χ0) is 18.4. The summed E-state index contributed by atoms with van der Waals surface area (Å²) in [7, 11) is 0. The Hall–Kier alpha value is -3.21. The van der Waals surface area contributed by atoms with Gasteiger partial charge in [-0.3, -0.25) is 4.79 Å². The van der Waals surface area contributed by atoms with Gasteiger partial charge in [-0.05, 0) is 53.6 Å². The molecule has 0 saturated heterocycles. The van der Waals surface area contributed by atoms with E-state index in [0.29, 0.717) is 23.3 Å². The highest BCUT2D eigenvalue weighted by molar-refractivity contribution is 5.76. The molecule has 0 spiro atoms. The van der Waals surface area contributed by atoms with Gasteiger partial charge in [0.15, 0.2) is 11.5 Å². The van der Waals surface area contributed by atoms with Gasteiger partial charge in [0, 0.05) is 5.56 Å². The van der Waals surface area contributed by atoms with Crippen LogP contribution in [0.15, 0.2) is 66.7 Å². The summed E-state index contributed by atoms with van der Waals surface area (Å²) in [4.78, 5) is 11.0. The molecule has 0 N–H and O–H groups in total. The first-order valence-electron chi connectivity index (χ1n) is 7.98. The molecule has 0 amide bonds. The Morgan fingerprint density at radius 1 is 0.692 bits per heavy atom. The molecule has 0 bridgehead atoms. The van der Waals surface area contributed by atoms with Crippen LogP contribution in [0.2, 0.25) is 0 Å². The summed E-state index contributed by atoms with van der Waals surface area (Å²) in [6.45, 7) is 0.434. The minimum Gasteiger partial charge on any atom is -0.485 e. The summed E-state index contributed by atoms with van der Waals surface area (Å²) in [5.74, 6) is 0.232. The lowest BCUT2D eigenvalue weighted by Crippen LogP contribution is -2.01. The average molecular weight is 354 g/mol. The third-order valence-electron chi connectivity index (χ3n) is 3.72. The fraction of sp³-hybridized carbons (Fsp3) is 0.0952. The van der Waals surface area contributed by atoms with Gasteiger partial charge in [0.2, 0.25) is 0 Å². The van der Waals surface area contributed by atoms with E-state index in [0.717, 1.165) is 11.1 Å². The quantitative estimate of drug-likeness (QED) is 0.564. The van der Waals surface area contributed by atoms with Crippen molar-refractivity contribution in [3.63, 3.8) is 0 Å². The molecule has 0 unspecified atom stereocenters. The van der Waals surface area contributed by atoms with Crippen molar-refractivity contribution in [3.05, 3.63) is 95.1 Å². The van der Waals surface area contributed by atoms with Crippen molar-refractivity contribution in [3.8, 4) is 11.5 Å². The molecule has 3 rings (SSSR count). The van der Waals surface area contributed by atoms with Crippen molar-refractivity contribution in [1.29, 1.82) is 0 Å². The topological polar surface area (TPSA) is 35.5 Å². The van der Waals surface area contributed by atoms with Crippen molar-refractivity contribution in [2.75, 3.05) is 0 Å². The van der Waals surface area contributed by atoms with Crippen molar-refractivity contribution in [1.82, 2.24) is 0 Å². The Morgan fingerprint density at radius 3 is 1.69 bits per heavy atom. The average Bonchev–Trinajstić information content (AvgIpc) is 2.67. The molecule has 0 fully saturated rings. The van der Waals surface area contributed by atoms with Gasteiger partial charge in [-0.1, -0.05) is 24.3 Å². The first-order chi connectivity index (χ1) is 12.6. The molecule has 3 nitrogen and oxygen atoms in total. The van der Waals surface area contributed by atoms with Crippen LogP contribution in [0.1, 0.15) is 21.5 Å². The number of ether oxygens (including phenoxy) is 2. The summed E-state index contributed by atoms with van der Waals surface area (Å²) in [5.41, 5.74) is 2.04. The molecule has 26 heavy (non-hydrogen) atoms. The fourth-order valence-corrected chi connectivity index (χ4v) is 2.31. The number of rotatable bonds is 7. The Bertz CT molecular complexity index is 875. The van der Waals surface area contributed by atoms with E-state index >= 15 is 0 Å². The van der Waals surface area contributed by atoms with Gasteiger partial charge in [0.1, 0.15) is 31.1 Å². The second kappa shape index (κ2) is 8.25. The number of halogens is 2. The highest BCUT2D eigenvalue weighted by atomic mass is 19.1. The minimum absolute atomic E-state index is 0.204. The maximum absolute atomic E-state index is 13.0. The Labute approximate surface area is 149 Å². The predicted octanol–water partition coefficient (Wildman–Crippen LogP) is 4.94. The number of benzene rings is 3. The second-order valence-corrected chi connectivity index (χ2v) is 5.65. The van der Waals surface area contributed by atoms with E-state index in [4.69, 9.17) is 9.47 Å². The zero-order valence-corrected chi connectivity index (χ0v) is 13.8. The largest absolute Gasteiger partial charge is 0.485 e. The summed E-state index contributed by atoms with van der Waals surface area (Å²) in [6, 6.07) is 16.8. The van der Waals surface area contributed by atoms with Crippen LogP contribution in [-0.2, 0) is 13.2 Å². The monoisotopic (exact) mass is 354 g/mol. The van der Waals surface area contributed by atoms with E-state index in [-0.39, 0.29) is 24.8 Å². The van der Waals surface area contributed by atoms with E-state index in [1.54, 1.807) is 42.5 Å². The molecule has 0 heterocycles. The lowest BCUT2D eigenvalue weighted by molar-refractivity contribution is 0.112. The van der Waals surface area contributed by atoms with E-state index in [1.165, 1.54) is 24.3 Å². The zero-order valence-electron chi connectivity index (χ0n) is 13.8. The van der Waals surface area contributed by atoms with Gasteiger partial charge >= 0.3 is 0 Å². The van der Waals surface area contributed by atoms with E-state index < -0.39 is 0 Å². The molecule has 3 aromatic rings. The first-order valence-corrected chi connectivity index (χ1v) is 7.98. The fourth-order valence-electron chi connectivity index (χ4n) is 2.31. The first kappa shape index (κ1) is 17.6. The number of carbonyl (C=O) groups is 1. The lowest BCUT2D eigenvalue weighted by Gasteiger charge is -2.13. The number of hydrogen-bond donors (Lipinski definition) is 0. The SMILES string of the molecule is O=Cc1ccc(OCc2ccc(F)cc2)c(OCc2ccc(F)cc2)c1. The van der Waals surface area contributed by atoms with E-state index in [2.05, 4.69) is 0 Å². The smallest absolute Gasteiger partial charge is 0.162 e. The van der Waals surface area contributed by atoms with E-state index in [9.17, 15) is 13.6 Å². The van der Waals surface area contributed by atoms with Crippen molar-refractivity contribution < 1.29 is 23.0 Å². The van der Waals surface area contributed by atoms with Gasteiger partial charge < -0.3 is 9.47 Å². The normalized spacial score (nSPS) is 10.4. The highest BCUT2D eigenvalue weighted by Crippen LogP contribution is 2.29. The molecule has 0 aliphatic heterocycles. The molecule has 0 atom stereocenters. The number of carbonyl (C=O) groups excluding carboxylic acids is 1. The molecule has 0 aromatic heterocycles. The molecule has 0 radical (unpaired) electrons. The third kappa shape index (κ3) is 4.66. The number of hydrogen-bond acceptors (Lipinski definition) is 3. The van der Waals surface area contributed by atoms with Gasteiger partial charge in [0.25, 0.3) is 0 Å². The van der Waals surface area contributed by atoms with Gasteiger partial charge in [0.05, 0.1) is 0 Å². The molecular weight excluding hydrogens is 338 g/mol. The van der Waals surface area contributed by atoms with E-state index in [1.807, 2.05) is 0 Å². The summed E-state index contributed by atoms with van der Waals surface area (Å²) < 4.78 is 37.4. The Balaban J connectivity index is 1.72. The van der Waals surface area contributed by atoms with Gasteiger partial charge in [-0.2, -0.15) is 0 Å². The third-order valence-corrected chi connectivity index (χ3v) is 3.72. The summed E-state index contributed by atoms with van der Waals surface area (Å²) >= 11 is 0. The highest BCUT2D eigenvalue weighted by Gasteiger charge is 2.08. The summed E-state index contributed by atoms with van der Waals surface area (Å²) in [6.07, 6.45) is 0.717. The molecule has 5 heteroatoms. The van der Waals surface area contributed by atoms with Crippen LogP contribution in [0, 0.1) is 11.6 Å². The maximum atomic E-state index is 13.0. The molecule has 132 valence electrons. The molecule has 0 saturated carbocycles. The van der Waals surface area contributed by atoms with Gasteiger partial charge in [-0.15, -0.1) is 0 Å². The van der Waals surface area contributed by atoms with Crippen molar-refractivity contribution in [2.24, 2.45) is 0 Å². The molecular formula is C21H16F2O3. The van der Waals surface area contributed by atoms with Crippen molar-refractivity contribution in [2.45, 2.75) is 13.2 Å². The minimum atomic E-state index is -0.319. The van der Waals surface area contributed by atoms with Crippen LogP contribution in [0.4, 0.5) is 8.78 Å². The van der Waals surface area contributed by atoms with Crippen LogP contribution in [-0.4, -0.2) is 6.29 Å².